The summed E-state index contributed by atoms with van der Waals surface area (Å²) in [6.45, 7) is 3.38. The first-order valence-electron chi connectivity index (χ1n) is 4.86. The van der Waals surface area contributed by atoms with E-state index in [4.69, 9.17) is 5.11 Å². The molecule has 7 nitrogen and oxygen atoms in total. The van der Waals surface area contributed by atoms with Gasteiger partial charge in [0.05, 0.1) is 5.41 Å². The lowest BCUT2D eigenvalue weighted by Crippen LogP contribution is -2.25. The van der Waals surface area contributed by atoms with Gasteiger partial charge in [-0.05, 0) is 20.8 Å². The number of ether oxygens (including phenoxy) is 3. The summed E-state index contributed by atoms with van der Waals surface area (Å²) in [5.41, 5.74) is -0.674. The molecule has 0 heterocycles. The van der Waals surface area contributed by atoms with Gasteiger partial charge in [-0.15, -0.1) is 0 Å². The lowest BCUT2D eigenvalue weighted by Gasteiger charge is -2.16. The van der Waals surface area contributed by atoms with Crippen molar-refractivity contribution >= 4 is 17.9 Å². The number of carboxylic acids is 1. The number of carbonyl (C=O) groups excluding carboxylic acids is 2. The van der Waals surface area contributed by atoms with Crippen LogP contribution in [0.15, 0.2) is 0 Å². The van der Waals surface area contributed by atoms with E-state index in [1.54, 1.807) is 20.8 Å². The molecule has 0 saturated heterocycles. The summed E-state index contributed by atoms with van der Waals surface area (Å²) in [5, 5.41) is 8.22. The van der Waals surface area contributed by atoms with E-state index in [-0.39, 0.29) is 0 Å². The minimum Gasteiger partial charge on any atom is -0.480 e. The molecular formula is C10H16O7. The summed E-state index contributed by atoms with van der Waals surface area (Å²) in [4.78, 5) is 32.2. The lowest BCUT2D eigenvalue weighted by atomic mass is 9.98. The Morgan fingerprint density at radius 3 is 2.12 bits per heavy atom. The third kappa shape index (κ3) is 8.21. The highest BCUT2D eigenvalue weighted by Gasteiger charge is 2.23. The molecule has 0 aromatic rings. The van der Waals surface area contributed by atoms with Crippen molar-refractivity contribution in [2.24, 2.45) is 5.41 Å². The Kier molecular flexibility index (Phi) is 6.19. The summed E-state index contributed by atoms with van der Waals surface area (Å²) < 4.78 is 13.6. The first kappa shape index (κ1) is 15.4. The molecule has 0 fully saturated rings. The highest BCUT2D eigenvalue weighted by atomic mass is 16.7. The van der Waals surface area contributed by atoms with Gasteiger partial charge in [0.15, 0.2) is 0 Å². The quantitative estimate of drug-likeness (QED) is 0.528. The number of carboxylic acid groups (broad SMARTS) is 1. The molecule has 0 aliphatic rings. The Morgan fingerprint density at radius 2 is 1.65 bits per heavy atom. The average Bonchev–Trinajstić information content (AvgIpc) is 2.15. The molecule has 0 aliphatic carbocycles. The largest absolute Gasteiger partial charge is 0.480 e. The van der Waals surface area contributed by atoms with E-state index in [0.717, 1.165) is 0 Å². The van der Waals surface area contributed by atoms with Crippen molar-refractivity contribution in [1.82, 2.24) is 0 Å². The predicted octanol–water partition coefficient (Wildman–Crippen LogP) is 0.178. The standard InChI is InChI=1S/C10H16O7/c1-10(2,3)9(14)17-6-16-8(13)5-15-4-7(11)12/h4-6H2,1-3H3,(H,11,12). The van der Waals surface area contributed by atoms with Gasteiger partial charge in [0.2, 0.25) is 6.79 Å². The van der Waals surface area contributed by atoms with Gasteiger partial charge < -0.3 is 19.3 Å². The zero-order chi connectivity index (χ0) is 13.5. The van der Waals surface area contributed by atoms with Crippen molar-refractivity contribution < 1.29 is 33.7 Å². The van der Waals surface area contributed by atoms with Crippen LogP contribution in [0, 0.1) is 5.41 Å². The van der Waals surface area contributed by atoms with Gasteiger partial charge in [0.25, 0.3) is 0 Å². The van der Waals surface area contributed by atoms with E-state index in [1.807, 2.05) is 0 Å². The normalized spacial score (nSPS) is 10.8. The van der Waals surface area contributed by atoms with Crippen LogP contribution in [-0.2, 0) is 28.6 Å². The first-order valence-corrected chi connectivity index (χ1v) is 4.86. The van der Waals surface area contributed by atoms with Crippen molar-refractivity contribution in [1.29, 1.82) is 0 Å². The Balaban J connectivity index is 3.65. The van der Waals surface area contributed by atoms with Crippen LogP contribution in [0.4, 0.5) is 0 Å². The molecule has 0 aliphatic heterocycles. The van der Waals surface area contributed by atoms with Crippen molar-refractivity contribution in [2.75, 3.05) is 20.0 Å². The molecule has 0 radical (unpaired) electrons. The van der Waals surface area contributed by atoms with E-state index in [2.05, 4.69) is 14.2 Å². The topological polar surface area (TPSA) is 99.1 Å². The second-order valence-electron chi connectivity index (χ2n) is 4.20. The number of hydrogen-bond acceptors (Lipinski definition) is 6. The molecule has 0 spiro atoms. The molecule has 0 unspecified atom stereocenters. The van der Waals surface area contributed by atoms with Gasteiger partial charge in [-0.3, -0.25) is 4.79 Å². The maximum Gasteiger partial charge on any atom is 0.334 e. The molecule has 0 saturated carbocycles. The Hall–Kier alpha value is -1.63. The number of rotatable bonds is 6. The highest BCUT2D eigenvalue weighted by Crippen LogP contribution is 2.14. The highest BCUT2D eigenvalue weighted by molar-refractivity contribution is 5.75. The third-order valence-corrected chi connectivity index (χ3v) is 1.47. The van der Waals surface area contributed by atoms with Gasteiger partial charge in [-0.25, -0.2) is 9.59 Å². The van der Waals surface area contributed by atoms with Crippen LogP contribution in [-0.4, -0.2) is 43.0 Å². The van der Waals surface area contributed by atoms with E-state index >= 15 is 0 Å². The fourth-order valence-electron chi connectivity index (χ4n) is 0.629. The van der Waals surface area contributed by atoms with E-state index in [9.17, 15) is 14.4 Å². The van der Waals surface area contributed by atoms with Crippen LogP contribution in [0.25, 0.3) is 0 Å². The van der Waals surface area contributed by atoms with Crippen LogP contribution in [0.5, 0.6) is 0 Å². The molecule has 7 heteroatoms. The van der Waals surface area contributed by atoms with E-state index in [1.165, 1.54) is 0 Å². The second-order valence-corrected chi connectivity index (χ2v) is 4.20. The smallest absolute Gasteiger partial charge is 0.334 e. The van der Waals surface area contributed by atoms with Gasteiger partial charge >= 0.3 is 17.9 Å². The summed E-state index contributed by atoms with van der Waals surface area (Å²) in [7, 11) is 0. The van der Waals surface area contributed by atoms with E-state index in [0.29, 0.717) is 0 Å². The maximum atomic E-state index is 11.2. The van der Waals surface area contributed by atoms with Gasteiger partial charge in [-0.1, -0.05) is 0 Å². The third-order valence-electron chi connectivity index (χ3n) is 1.47. The maximum absolute atomic E-state index is 11.2. The lowest BCUT2D eigenvalue weighted by molar-refractivity contribution is -0.175. The van der Waals surface area contributed by atoms with Crippen molar-refractivity contribution in [3.8, 4) is 0 Å². The summed E-state index contributed by atoms with van der Waals surface area (Å²) in [5.74, 6) is -2.48. The molecule has 0 rings (SSSR count). The summed E-state index contributed by atoms with van der Waals surface area (Å²) in [6.07, 6.45) is 0. The molecule has 0 aromatic heterocycles. The zero-order valence-corrected chi connectivity index (χ0v) is 10.0. The van der Waals surface area contributed by atoms with Gasteiger partial charge in [-0.2, -0.15) is 0 Å². The van der Waals surface area contributed by atoms with Crippen molar-refractivity contribution in [3.05, 3.63) is 0 Å². The minimum absolute atomic E-state index is 0.501. The number of aliphatic carboxylic acids is 1. The van der Waals surface area contributed by atoms with Crippen LogP contribution < -0.4 is 0 Å². The Bertz CT molecular complexity index is 290. The molecule has 1 N–H and O–H groups in total. The molecule has 0 atom stereocenters. The van der Waals surface area contributed by atoms with Crippen LogP contribution in [0.2, 0.25) is 0 Å². The minimum atomic E-state index is -1.18. The fourth-order valence-corrected chi connectivity index (χ4v) is 0.629. The van der Waals surface area contributed by atoms with Crippen LogP contribution in [0.1, 0.15) is 20.8 Å². The van der Waals surface area contributed by atoms with Crippen molar-refractivity contribution in [2.45, 2.75) is 20.8 Å². The summed E-state index contributed by atoms with van der Waals surface area (Å²) >= 11 is 0. The van der Waals surface area contributed by atoms with E-state index < -0.39 is 43.3 Å². The van der Waals surface area contributed by atoms with Crippen LogP contribution >= 0.6 is 0 Å². The fraction of sp³-hybridized carbons (Fsp3) is 0.700. The first-order chi connectivity index (χ1) is 7.73. The SMILES string of the molecule is CC(C)(C)C(=O)OCOC(=O)COCC(=O)O. The van der Waals surface area contributed by atoms with Crippen LogP contribution in [0.3, 0.4) is 0 Å². The molecule has 0 aromatic carbocycles. The second kappa shape index (κ2) is 6.85. The van der Waals surface area contributed by atoms with Crippen molar-refractivity contribution in [3.63, 3.8) is 0 Å². The zero-order valence-electron chi connectivity index (χ0n) is 10.0. The Labute approximate surface area is 98.6 Å². The molecule has 0 amide bonds. The molecule has 98 valence electrons. The number of esters is 2. The Morgan fingerprint density at radius 1 is 1.06 bits per heavy atom. The number of carbonyl (C=O) groups is 3. The predicted molar refractivity (Wildman–Crippen MR) is 55.0 cm³/mol. The number of hydrogen-bond donors (Lipinski definition) is 1. The van der Waals surface area contributed by atoms with Gasteiger partial charge in [0.1, 0.15) is 13.2 Å². The monoisotopic (exact) mass is 248 g/mol. The van der Waals surface area contributed by atoms with Gasteiger partial charge in [0, 0.05) is 0 Å². The molecule has 17 heavy (non-hydrogen) atoms. The molecule has 0 bridgehead atoms. The summed E-state index contributed by atoms with van der Waals surface area (Å²) in [6, 6.07) is 0. The average molecular weight is 248 g/mol. The molecular weight excluding hydrogens is 232 g/mol.